The Morgan fingerprint density at radius 2 is 2.23 bits per heavy atom. The number of nitrogens with two attached hydrogens (primary N) is 1. The van der Waals surface area contributed by atoms with Crippen molar-refractivity contribution in [1.82, 2.24) is 15.0 Å². The van der Waals surface area contributed by atoms with E-state index in [4.69, 9.17) is 5.73 Å². The molecule has 1 aromatic carbocycles. The van der Waals surface area contributed by atoms with Crippen molar-refractivity contribution >= 4 is 34.0 Å². The molecule has 3 heterocycles. The summed E-state index contributed by atoms with van der Waals surface area (Å²) in [5.41, 5.74) is 9.97. The normalized spacial score (nSPS) is 13.3. The number of hydrogen-bond acceptors (Lipinski definition) is 7. The molecule has 132 valence electrons. The first-order chi connectivity index (χ1) is 12.6. The van der Waals surface area contributed by atoms with Gasteiger partial charge in [0.05, 0.1) is 5.69 Å². The highest BCUT2D eigenvalue weighted by molar-refractivity contribution is 7.13. The molecule has 26 heavy (non-hydrogen) atoms. The zero-order chi connectivity index (χ0) is 18.1. The molecule has 2 aromatic heterocycles. The van der Waals surface area contributed by atoms with Crippen LogP contribution in [0.3, 0.4) is 0 Å². The van der Waals surface area contributed by atoms with E-state index >= 15 is 0 Å². The molecule has 0 atom stereocenters. The molecule has 1 amide bonds. The third kappa shape index (κ3) is 3.36. The second-order valence-corrected chi connectivity index (χ2v) is 7.05. The fourth-order valence-corrected chi connectivity index (χ4v) is 3.76. The molecular formula is C18H18N6OS. The van der Waals surface area contributed by atoms with Crippen LogP contribution in [-0.4, -0.2) is 27.4 Å². The predicted molar refractivity (Wildman–Crippen MR) is 102 cm³/mol. The van der Waals surface area contributed by atoms with Crippen molar-refractivity contribution in [3.05, 3.63) is 58.4 Å². The van der Waals surface area contributed by atoms with Crippen molar-refractivity contribution in [2.75, 3.05) is 22.5 Å². The number of amides is 1. The molecule has 3 aromatic rings. The van der Waals surface area contributed by atoms with Gasteiger partial charge in [-0.25, -0.2) is 15.0 Å². The molecule has 1 aliphatic heterocycles. The van der Waals surface area contributed by atoms with Crippen LogP contribution in [0.4, 0.5) is 16.8 Å². The van der Waals surface area contributed by atoms with Crippen LogP contribution in [0.5, 0.6) is 0 Å². The number of aromatic nitrogens is 3. The maximum Gasteiger partial charge on any atom is 0.275 e. The highest BCUT2D eigenvalue weighted by Crippen LogP contribution is 2.27. The van der Waals surface area contributed by atoms with E-state index < -0.39 is 0 Å². The van der Waals surface area contributed by atoms with Gasteiger partial charge in [-0.15, -0.1) is 11.3 Å². The van der Waals surface area contributed by atoms with Crippen LogP contribution >= 0.6 is 11.3 Å². The predicted octanol–water partition coefficient (Wildman–Crippen LogP) is 2.64. The molecule has 0 radical (unpaired) electrons. The van der Waals surface area contributed by atoms with Gasteiger partial charge in [-0.1, -0.05) is 12.1 Å². The van der Waals surface area contributed by atoms with Crippen molar-refractivity contribution in [2.24, 2.45) is 0 Å². The summed E-state index contributed by atoms with van der Waals surface area (Å²) >= 11 is 1.46. The molecule has 8 heteroatoms. The van der Waals surface area contributed by atoms with Gasteiger partial charge in [0.1, 0.15) is 5.69 Å². The van der Waals surface area contributed by atoms with Crippen LogP contribution in [0.25, 0.3) is 0 Å². The highest BCUT2D eigenvalue weighted by Gasteiger charge is 2.21. The Morgan fingerprint density at radius 1 is 1.35 bits per heavy atom. The van der Waals surface area contributed by atoms with Gasteiger partial charge in [-0.05, 0) is 24.6 Å². The van der Waals surface area contributed by atoms with Gasteiger partial charge in [0, 0.05) is 42.3 Å². The summed E-state index contributed by atoms with van der Waals surface area (Å²) in [7, 11) is 0. The minimum Gasteiger partial charge on any atom is -0.368 e. The standard InChI is InChI=1S/C18H18N6OS/c1-11-3-2-4-13(7-11)21-16(25)15-10-26-18(23-15)24-6-5-14-12(9-24)8-20-17(19)22-14/h2-4,7-8,10H,5-6,9H2,1H3,(H,21,25)(H2,19,20,22). The lowest BCUT2D eigenvalue weighted by atomic mass is 10.1. The summed E-state index contributed by atoms with van der Waals surface area (Å²) in [6, 6.07) is 7.70. The molecule has 4 rings (SSSR count). The molecule has 1 aliphatic rings. The van der Waals surface area contributed by atoms with Crippen molar-refractivity contribution in [3.8, 4) is 0 Å². The van der Waals surface area contributed by atoms with Crippen molar-refractivity contribution in [2.45, 2.75) is 19.9 Å². The third-order valence-electron chi connectivity index (χ3n) is 4.22. The lowest BCUT2D eigenvalue weighted by Crippen LogP contribution is -2.31. The molecule has 7 nitrogen and oxygen atoms in total. The summed E-state index contributed by atoms with van der Waals surface area (Å²) in [6.45, 7) is 3.44. The van der Waals surface area contributed by atoms with Gasteiger partial charge < -0.3 is 16.0 Å². The molecule has 0 saturated heterocycles. The van der Waals surface area contributed by atoms with Gasteiger partial charge in [0.15, 0.2) is 5.13 Å². The second kappa shape index (κ2) is 6.72. The van der Waals surface area contributed by atoms with Gasteiger partial charge in [0.25, 0.3) is 5.91 Å². The van der Waals surface area contributed by atoms with Crippen LogP contribution in [0.2, 0.25) is 0 Å². The molecule has 3 N–H and O–H groups in total. The Hall–Kier alpha value is -3.00. The van der Waals surface area contributed by atoms with Crippen LogP contribution in [-0.2, 0) is 13.0 Å². The number of nitrogen functional groups attached to an aromatic ring is 1. The zero-order valence-corrected chi connectivity index (χ0v) is 15.1. The number of rotatable bonds is 3. The minimum absolute atomic E-state index is 0.202. The second-order valence-electron chi connectivity index (χ2n) is 6.21. The van der Waals surface area contributed by atoms with E-state index in [2.05, 4.69) is 25.2 Å². The van der Waals surface area contributed by atoms with E-state index in [9.17, 15) is 4.79 Å². The van der Waals surface area contributed by atoms with Crippen molar-refractivity contribution in [1.29, 1.82) is 0 Å². The lowest BCUT2D eigenvalue weighted by molar-refractivity contribution is 0.102. The smallest absolute Gasteiger partial charge is 0.275 e. The zero-order valence-electron chi connectivity index (χ0n) is 14.3. The number of nitrogens with one attached hydrogen (secondary N) is 1. The summed E-state index contributed by atoms with van der Waals surface area (Å²) in [6.07, 6.45) is 2.55. The van der Waals surface area contributed by atoms with Gasteiger partial charge >= 0.3 is 0 Å². The number of nitrogens with zero attached hydrogens (tertiary/aromatic N) is 4. The summed E-state index contributed by atoms with van der Waals surface area (Å²) in [5.74, 6) is 0.105. The van der Waals surface area contributed by atoms with E-state index in [1.807, 2.05) is 31.2 Å². The topological polar surface area (TPSA) is 97.0 Å². The van der Waals surface area contributed by atoms with Crippen LogP contribution in [0.15, 0.2) is 35.8 Å². The first-order valence-electron chi connectivity index (χ1n) is 8.27. The maximum atomic E-state index is 12.4. The molecule has 0 aliphatic carbocycles. The third-order valence-corrected chi connectivity index (χ3v) is 5.13. The number of aryl methyl sites for hydroxylation is 1. The first-order valence-corrected chi connectivity index (χ1v) is 9.15. The number of hydrogen-bond donors (Lipinski definition) is 2. The number of fused-ring (bicyclic) bond motifs is 1. The summed E-state index contributed by atoms with van der Waals surface area (Å²) < 4.78 is 0. The van der Waals surface area contributed by atoms with E-state index in [1.165, 1.54) is 11.3 Å². The fourth-order valence-electron chi connectivity index (χ4n) is 2.93. The lowest BCUT2D eigenvalue weighted by Gasteiger charge is -2.27. The van der Waals surface area contributed by atoms with Crippen LogP contribution < -0.4 is 16.0 Å². The Kier molecular flexibility index (Phi) is 4.26. The number of thiazole rings is 1. The Labute approximate surface area is 154 Å². The first kappa shape index (κ1) is 16.5. The number of benzene rings is 1. The number of anilines is 3. The SMILES string of the molecule is Cc1cccc(NC(=O)c2csc(N3CCc4nc(N)ncc4C3)n2)c1. The Morgan fingerprint density at radius 3 is 3.08 bits per heavy atom. The monoisotopic (exact) mass is 366 g/mol. The molecular weight excluding hydrogens is 348 g/mol. The van der Waals surface area contributed by atoms with Crippen LogP contribution in [0.1, 0.15) is 27.3 Å². The Balaban J connectivity index is 1.48. The Bertz CT molecular complexity index is 970. The summed E-state index contributed by atoms with van der Waals surface area (Å²) in [5, 5.41) is 5.50. The van der Waals surface area contributed by atoms with Gasteiger partial charge in [-0.2, -0.15) is 0 Å². The van der Waals surface area contributed by atoms with E-state index in [0.717, 1.165) is 40.6 Å². The summed E-state index contributed by atoms with van der Waals surface area (Å²) in [4.78, 5) is 27.4. The fraction of sp³-hybridized carbons (Fsp3) is 0.222. The van der Waals surface area contributed by atoms with E-state index in [1.54, 1.807) is 11.6 Å². The number of carbonyl (C=O) groups excluding carboxylic acids is 1. The average molecular weight is 366 g/mol. The molecule has 0 spiro atoms. The van der Waals surface area contributed by atoms with Crippen LogP contribution in [0, 0.1) is 6.92 Å². The average Bonchev–Trinajstić information content (AvgIpc) is 3.11. The maximum absolute atomic E-state index is 12.4. The molecule has 0 bridgehead atoms. The highest BCUT2D eigenvalue weighted by atomic mass is 32.1. The number of carbonyl (C=O) groups is 1. The van der Waals surface area contributed by atoms with Gasteiger partial charge in [-0.3, -0.25) is 4.79 Å². The largest absolute Gasteiger partial charge is 0.368 e. The van der Waals surface area contributed by atoms with Crippen molar-refractivity contribution in [3.63, 3.8) is 0 Å². The van der Waals surface area contributed by atoms with E-state index in [-0.39, 0.29) is 5.91 Å². The molecule has 0 fully saturated rings. The molecule has 0 unspecified atom stereocenters. The quantitative estimate of drug-likeness (QED) is 0.740. The van der Waals surface area contributed by atoms with Gasteiger partial charge in [0.2, 0.25) is 5.95 Å². The minimum atomic E-state index is -0.202. The van der Waals surface area contributed by atoms with E-state index in [0.29, 0.717) is 18.2 Å². The molecule has 0 saturated carbocycles. The van der Waals surface area contributed by atoms with Crippen molar-refractivity contribution < 1.29 is 4.79 Å².